The van der Waals surface area contributed by atoms with Crippen LogP contribution in [0.2, 0.25) is 0 Å². The van der Waals surface area contributed by atoms with Crippen LogP contribution in [0.3, 0.4) is 0 Å². The quantitative estimate of drug-likeness (QED) is 0.464. The summed E-state index contributed by atoms with van der Waals surface area (Å²) in [6, 6.07) is 21.0. The number of para-hydroxylation sites is 4. The number of hydrogen-bond donors (Lipinski definition) is 2. The molecule has 1 heterocycles. The van der Waals surface area contributed by atoms with Crippen LogP contribution in [0.1, 0.15) is 20.9 Å². The second-order valence-electron chi connectivity index (χ2n) is 6.61. The van der Waals surface area contributed by atoms with Crippen molar-refractivity contribution in [2.75, 3.05) is 24.9 Å². The van der Waals surface area contributed by atoms with Gasteiger partial charge in [0.15, 0.2) is 0 Å². The van der Waals surface area contributed by atoms with E-state index < -0.39 is 11.8 Å². The fraction of sp³-hybridized carbons (Fsp3) is 0.0833. The molecule has 0 atom stereocenters. The molecule has 31 heavy (non-hydrogen) atoms. The van der Waals surface area contributed by atoms with Crippen LogP contribution in [0.15, 0.2) is 77.2 Å². The van der Waals surface area contributed by atoms with Crippen molar-refractivity contribution in [3.05, 3.63) is 84.1 Å². The summed E-state index contributed by atoms with van der Waals surface area (Å²) < 4.78 is 16.4. The number of ether oxygens (including phenoxy) is 2. The Morgan fingerprint density at radius 3 is 2.16 bits per heavy atom. The van der Waals surface area contributed by atoms with E-state index in [9.17, 15) is 9.59 Å². The van der Waals surface area contributed by atoms with Crippen molar-refractivity contribution in [1.82, 2.24) is 0 Å². The van der Waals surface area contributed by atoms with Gasteiger partial charge in [-0.15, -0.1) is 0 Å². The van der Waals surface area contributed by atoms with Gasteiger partial charge in [0.25, 0.3) is 11.8 Å². The van der Waals surface area contributed by atoms with Gasteiger partial charge in [0, 0.05) is 5.39 Å². The highest BCUT2D eigenvalue weighted by atomic mass is 16.5. The third kappa shape index (κ3) is 3.93. The zero-order chi connectivity index (χ0) is 21.8. The summed E-state index contributed by atoms with van der Waals surface area (Å²) in [6.45, 7) is 0. The number of benzene rings is 3. The van der Waals surface area contributed by atoms with E-state index in [0.29, 0.717) is 33.7 Å². The predicted molar refractivity (Wildman–Crippen MR) is 118 cm³/mol. The molecule has 1 aromatic heterocycles. The Kier molecular flexibility index (Phi) is 5.57. The first-order valence-electron chi connectivity index (χ1n) is 9.52. The van der Waals surface area contributed by atoms with Gasteiger partial charge in [0.1, 0.15) is 22.8 Å². The lowest BCUT2D eigenvalue weighted by molar-refractivity contribution is 0.0999. The van der Waals surface area contributed by atoms with Crippen LogP contribution in [-0.4, -0.2) is 26.0 Å². The minimum absolute atomic E-state index is 0.0182. The topological polar surface area (TPSA) is 89.8 Å². The van der Waals surface area contributed by atoms with Crippen LogP contribution < -0.4 is 20.1 Å². The first-order valence-corrected chi connectivity index (χ1v) is 9.52. The van der Waals surface area contributed by atoms with Gasteiger partial charge in [0.2, 0.25) is 5.76 Å². The Morgan fingerprint density at radius 1 is 0.742 bits per heavy atom. The molecule has 2 N–H and O–H groups in total. The van der Waals surface area contributed by atoms with E-state index in [-0.39, 0.29) is 11.4 Å². The van der Waals surface area contributed by atoms with Crippen LogP contribution in [0.5, 0.6) is 11.5 Å². The van der Waals surface area contributed by atoms with E-state index in [4.69, 9.17) is 13.9 Å². The number of carbonyl (C=O) groups is 2. The van der Waals surface area contributed by atoms with Crippen molar-refractivity contribution in [2.24, 2.45) is 0 Å². The van der Waals surface area contributed by atoms with Crippen LogP contribution in [0, 0.1) is 0 Å². The van der Waals surface area contributed by atoms with Crippen molar-refractivity contribution in [2.45, 2.75) is 0 Å². The van der Waals surface area contributed by atoms with E-state index in [1.165, 1.54) is 14.2 Å². The summed E-state index contributed by atoms with van der Waals surface area (Å²) in [7, 11) is 3.01. The maximum absolute atomic E-state index is 13.1. The number of furan rings is 1. The average molecular weight is 416 g/mol. The molecule has 2 amide bonds. The minimum Gasteiger partial charge on any atom is -0.496 e. The molecule has 0 radical (unpaired) electrons. The third-order valence-corrected chi connectivity index (χ3v) is 4.75. The molecule has 3 aromatic carbocycles. The Morgan fingerprint density at radius 2 is 1.39 bits per heavy atom. The zero-order valence-electron chi connectivity index (χ0n) is 17.0. The Bertz CT molecular complexity index is 1260. The summed E-state index contributed by atoms with van der Waals surface area (Å²) in [4.78, 5) is 26.1. The van der Waals surface area contributed by atoms with E-state index in [1.807, 2.05) is 0 Å². The Labute approximate surface area is 178 Å². The Balaban J connectivity index is 1.72. The number of anilines is 2. The number of fused-ring (bicyclic) bond motifs is 1. The molecule has 0 saturated heterocycles. The summed E-state index contributed by atoms with van der Waals surface area (Å²) in [5.41, 5.74) is 1.57. The van der Waals surface area contributed by atoms with Crippen LogP contribution in [-0.2, 0) is 0 Å². The van der Waals surface area contributed by atoms with Gasteiger partial charge >= 0.3 is 0 Å². The molecule has 0 bridgehead atoms. The molecule has 156 valence electrons. The molecule has 0 unspecified atom stereocenters. The monoisotopic (exact) mass is 416 g/mol. The average Bonchev–Trinajstić information content (AvgIpc) is 3.18. The molecule has 0 aliphatic carbocycles. The second-order valence-corrected chi connectivity index (χ2v) is 6.61. The second kappa shape index (κ2) is 8.62. The first-order chi connectivity index (χ1) is 15.1. The maximum atomic E-state index is 13.1. The normalized spacial score (nSPS) is 10.5. The van der Waals surface area contributed by atoms with Crippen molar-refractivity contribution in [3.8, 4) is 11.5 Å². The molecular formula is C24H20N2O5. The summed E-state index contributed by atoms with van der Waals surface area (Å²) in [5, 5.41) is 6.20. The highest BCUT2D eigenvalue weighted by Crippen LogP contribution is 2.33. The summed E-state index contributed by atoms with van der Waals surface area (Å²) >= 11 is 0. The molecule has 7 heteroatoms. The third-order valence-electron chi connectivity index (χ3n) is 4.75. The van der Waals surface area contributed by atoms with Crippen LogP contribution in [0.25, 0.3) is 11.0 Å². The molecule has 4 aromatic rings. The van der Waals surface area contributed by atoms with Crippen molar-refractivity contribution >= 4 is 34.2 Å². The fourth-order valence-electron chi connectivity index (χ4n) is 3.27. The molecule has 0 spiro atoms. The smallest absolute Gasteiger partial charge is 0.293 e. The number of rotatable bonds is 6. The van der Waals surface area contributed by atoms with Gasteiger partial charge in [-0.1, -0.05) is 36.4 Å². The SMILES string of the molecule is COc1ccccc1NC(=O)c1oc2ccccc2c1NC(=O)c1ccccc1OC. The lowest BCUT2D eigenvalue weighted by Crippen LogP contribution is -2.18. The van der Waals surface area contributed by atoms with Gasteiger partial charge in [-0.25, -0.2) is 0 Å². The van der Waals surface area contributed by atoms with Gasteiger partial charge < -0.3 is 24.5 Å². The molecule has 0 aliphatic rings. The summed E-state index contributed by atoms with van der Waals surface area (Å²) in [6.07, 6.45) is 0. The van der Waals surface area contributed by atoms with Gasteiger partial charge in [-0.3, -0.25) is 9.59 Å². The van der Waals surface area contributed by atoms with E-state index >= 15 is 0 Å². The number of methoxy groups -OCH3 is 2. The zero-order valence-corrected chi connectivity index (χ0v) is 17.0. The van der Waals surface area contributed by atoms with E-state index in [0.717, 1.165) is 0 Å². The van der Waals surface area contributed by atoms with Crippen molar-refractivity contribution in [3.63, 3.8) is 0 Å². The lowest BCUT2D eigenvalue weighted by atomic mass is 10.1. The number of hydrogen-bond acceptors (Lipinski definition) is 5. The first kappa shape index (κ1) is 20.0. The number of carbonyl (C=O) groups excluding carboxylic acids is 2. The highest BCUT2D eigenvalue weighted by molar-refractivity contribution is 6.17. The Hall–Kier alpha value is -4.26. The van der Waals surface area contributed by atoms with Gasteiger partial charge in [-0.2, -0.15) is 0 Å². The maximum Gasteiger partial charge on any atom is 0.293 e. The molecule has 0 aliphatic heterocycles. The number of amides is 2. The molecule has 0 fully saturated rings. The van der Waals surface area contributed by atoms with E-state index in [2.05, 4.69) is 10.6 Å². The molecule has 7 nitrogen and oxygen atoms in total. The lowest BCUT2D eigenvalue weighted by Gasteiger charge is -2.11. The minimum atomic E-state index is -0.518. The molecule has 0 saturated carbocycles. The molecular weight excluding hydrogens is 396 g/mol. The van der Waals surface area contributed by atoms with Crippen LogP contribution in [0.4, 0.5) is 11.4 Å². The van der Waals surface area contributed by atoms with Gasteiger partial charge in [-0.05, 0) is 36.4 Å². The van der Waals surface area contributed by atoms with Crippen molar-refractivity contribution < 1.29 is 23.5 Å². The molecule has 4 rings (SSSR count). The summed E-state index contributed by atoms with van der Waals surface area (Å²) in [5.74, 6) is -0.0267. The predicted octanol–water partition coefficient (Wildman–Crippen LogP) is 4.95. The largest absolute Gasteiger partial charge is 0.496 e. The van der Waals surface area contributed by atoms with Gasteiger partial charge in [0.05, 0.1) is 25.5 Å². The standard InChI is InChI=1S/C24H20N2O5/c1-29-18-12-6-4-10-16(18)23(27)26-21-15-9-3-7-13-19(15)31-22(21)24(28)25-17-11-5-8-14-20(17)30-2/h3-14H,1-2H3,(H,25,28)(H,26,27). The van der Waals surface area contributed by atoms with E-state index in [1.54, 1.807) is 72.8 Å². The van der Waals surface area contributed by atoms with Crippen molar-refractivity contribution in [1.29, 1.82) is 0 Å². The highest BCUT2D eigenvalue weighted by Gasteiger charge is 2.24. The number of nitrogens with one attached hydrogen (secondary N) is 2. The van der Waals surface area contributed by atoms with Crippen LogP contribution >= 0.6 is 0 Å². The fourth-order valence-corrected chi connectivity index (χ4v) is 3.27.